The summed E-state index contributed by atoms with van der Waals surface area (Å²) in [5, 5.41) is 0. The first-order valence-electron chi connectivity index (χ1n) is 9.68. The molecule has 1 heterocycles. The van der Waals surface area contributed by atoms with Gasteiger partial charge in [0, 0.05) is 19.1 Å². The van der Waals surface area contributed by atoms with Gasteiger partial charge in [-0.05, 0) is 63.8 Å². The van der Waals surface area contributed by atoms with Crippen LogP contribution in [0.2, 0.25) is 0 Å². The normalized spacial score (nSPS) is 16.8. The van der Waals surface area contributed by atoms with Gasteiger partial charge in [0.25, 0.3) is 0 Å². The second-order valence-electron chi connectivity index (χ2n) is 7.84. The van der Waals surface area contributed by atoms with E-state index < -0.39 is 20.0 Å². The molecule has 2 aromatic rings. The van der Waals surface area contributed by atoms with Crippen LogP contribution in [0.5, 0.6) is 0 Å². The van der Waals surface area contributed by atoms with Crippen LogP contribution in [0.1, 0.15) is 35.1 Å². The fourth-order valence-electron chi connectivity index (χ4n) is 3.94. The van der Waals surface area contributed by atoms with Gasteiger partial charge in [0.15, 0.2) is 0 Å². The molecule has 0 aromatic heterocycles. The third kappa shape index (κ3) is 4.71. The maximum atomic E-state index is 12.9. The van der Waals surface area contributed by atoms with Gasteiger partial charge >= 0.3 is 0 Å². The van der Waals surface area contributed by atoms with Gasteiger partial charge in [0.2, 0.25) is 20.0 Å². The molecule has 1 N–H and O–H groups in total. The second-order valence-corrected chi connectivity index (χ2v) is 11.4. The molecule has 8 heteroatoms. The fourth-order valence-corrected chi connectivity index (χ4v) is 7.17. The molecule has 0 bridgehead atoms. The van der Waals surface area contributed by atoms with Crippen molar-refractivity contribution >= 4 is 20.0 Å². The average molecular weight is 437 g/mol. The van der Waals surface area contributed by atoms with Gasteiger partial charge in [0.1, 0.15) is 0 Å². The largest absolute Gasteiger partial charge is 0.243 e. The zero-order chi connectivity index (χ0) is 21.4. The Balaban J connectivity index is 1.71. The van der Waals surface area contributed by atoms with Gasteiger partial charge in [-0.3, -0.25) is 0 Å². The first-order valence-corrected chi connectivity index (χ1v) is 12.6. The molecule has 2 aromatic carbocycles. The number of piperidine rings is 1. The molecule has 1 fully saturated rings. The molecule has 0 amide bonds. The number of nitrogens with one attached hydrogen (secondary N) is 1. The van der Waals surface area contributed by atoms with E-state index in [2.05, 4.69) is 4.72 Å². The van der Waals surface area contributed by atoms with E-state index in [-0.39, 0.29) is 24.0 Å². The standard InChI is InChI=1S/C21H28N2O4S2/c1-15-5-7-20(8-6-15)29(26,27)23-11-9-19(10-12-23)22-28(24,25)21-17(3)13-16(2)14-18(21)4/h5-8,13-14,19,22H,9-12H2,1-4H3. The monoisotopic (exact) mass is 436 g/mol. The van der Waals surface area contributed by atoms with E-state index in [0.717, 1.165) is 22.3 Å². The van der Waals surface area contributed by atoms with Crippen molar-refractivity contribution in [2.45, 2.75) is 56.4 Å². The van der Waals surface area contributed by atoms with Crippen LogP contribution >= 0.6 is 0 Å². The summed E-state index contributed by atoms with van der Waals surface area (Å²) in [7, 11) is -7.23. The van der Waals surface area contributed by atoms with Crippen molar-refractivity contribution in [2.24, 2.45) is 0 Å². The number of hydrogen-bond donors (Lipinski definition) is 1. The van der Waals surface area contributed by atoms with Gasteiger partial charge < -0.3 is 0 Å². The van der Waals surface area contributed by atoms with E-state index in [4.69, 9.17) is 0 Å². The molecule has 6 nitrogen and oxygen atoms in total. The average Bonchev–Trinajstić information content (AvgIpc) is 2.61. The number of benzene rings is 2. The Kier molecular flexibility index (Phi) is 6.19. The number of rotatable bonds is 5. The van der Waals surface area contributed by atoms with E-state index in [1.807, 2.05) is 26.0 Å². The molecule has 0 unspecified atom stereocenters. The smallest absolute Gasteiger partial charge is 0.208 e. The molecular formula is C21H28N2O4S2. The quantitative estimate of drug-likeness (QED) is 0.781. The van der Waals surface area contributed by atoms with Crippen molar-refractivity contribution in [3.63, 3.8) is 0 Å². The van der Waals surface area contributed by atoms with E-state index in [1.54, 1.807) is 38.1 Å². The van der Waals surface area contributed by atoms with E-state index >= 15 is 0 Å². The minimum absolute atomic E-state index is 0.271. The van der Waals surface area contributed by atoms with Crippen LogP contribution in [0, 0.1) is 27.7 Å². The molecule has 0 spiro atoms. The highest BCUT2D eigenvalue weighted by Crippen LogP contribution is 2.25. The second kappa shape index (κ2) is 8.18. The lowest BCUT2D eigenvalue weighted by atomic mass is 10.1. The zero-order valence-corrected chi connectivity index (χ0v) is 18.9. The summed E-state index contributed by atoms with van der Waals surface area (Å²) in [5.74, 6) is 0. The van der Waals surface area contributed by atoms with Crippen molar-refractivity contribution in [3.8, 4) is 0 Å². The van der Waals surface area contributed by atoms with Crippen LogP contribution in [0.25, 0.3) is 0 Å². The van der Waals surface area contributed by atoms with Crippen LogP contribution in [-0.2, 0) is 20.0 Å². The van der Waals surface area contributed by atoms with Crippen molar-refractivity contribution in [1.82, 2.24) is 9.03 Å². The minimum atomic E-state index is -3.67. The summed E-state index contributed by atoms with van der Waals surface area (Å²) in [6.07, 6.45) is 0.878. The highest BCUT2D eigenvalue weighted by Gasteiger charge is 2.32. The molecule has 0 saturated carbocycles. The Morgan fingerprint density at radius 3 is 1.86 bits per heavy atom. The number of nitrogens with zero attached hydrogens (tertiary/aromatic N) is 1. The first-order chi connectivity index (χ1) is 13.5. The SMILES string of the molecule is Cc1ccc(S(=O)(=O)N2CCC(NS(=O)(=O)c3c(C)cc(C)cc3C)CC2)cc1. The van der Waals surface area contributed by atoms with E-state index in [9.17, 15) is 16.8 Å². The first kappa shape index (κ1) is 22.0. The lowest BCUT2D eigenvalue weighted by Gasteiger charge is -2.31. The van der Waals surface area contributed by atoms with E-state index in [0.29, 0.717) is 17.7 Å². The predicted molar refractivity (Wildman–Crippen MR) is 114 cm³/mol. The molecular weight excluding hydrogens is 408 g/mol. The molecule has 158 valence electrons. The summed E-state index contributed by atoms with van der Waals surface area (Å²) >= 11 is 0. The third-order valence-electron chi connectivity index (χ3n) is 5.31. The Morgan fingerprint density at radius 1 is 0.828 bits per heavy atom. The molecule has 29 heavy (non-hydrogen) atoms. The fraction of sp³-hybridized carbons (Fsp3) is 0.429. The van der Waals surface area contributed by atoms with Crippen molar-refractivity contribution < 1.29 is 16.8 Å². The third-order valence-corrected chi connectivity index (χ3v) is 9.05. The summed E-state index contributed by atoms with van der Waals surface area (Å²) in [6.45, 7) is 8.01. The minimum Gasteiger partial charge on any atom is -0.208 e. The summed E-state index contributed by atoms with van der Waals surface area (Å²) in [5.41, 5.74) is 3.45. The summed E-state index contributed by atoms with van der Waals surface area (Å²) < 4.78 is 55.7. The summed E-state index contributed by atoms with van der Waals surface area (Å²) in [6, 6.07) is 10.2. The van der Waals surface area contributed by atoms with Gasteiger partial charge in [-0.25, -0.2) is 21.6 Å². The molecule has 3 rings (SSSR count). The predicted octanol–water partition coefficient (Wildman–Crippen LogP) is 3.05. The number of sulfonamides is 2. The summed E-state index contributed by atoms with van der Waals surface area (Å²) in [4.78, 5) is 0.589. The molecule has 1 saturated heterocycles. The molecule has 1 aliphatic rings. The Hall–Kier alpha value is -1.74. The Labute approximate surface area is 174 Å². The van der Waals surface area contributed by atoms with Crippen LogP contribution in [0.3, 0.4) is 0 Å². The maximum absolute atomic E-state index is 12.9. The Bertz CT molecular complexity index is 1080. The van der Waals surface area contributed by atoms with Crippen molar-refractivity contribution in [1.29, 1.82) is 0 Å². The van der Waals surface area contributed by atoms with Crippen LogP contribution in [-0.4, -0.2) is 40.3 Å². The number of aryl methyl sites for hydroxylation is 4. The lowest BCUT2D eigenvalue weighted by molar-refractivity contribution is 0.308. The highest BCUT2D eigenvalue weighted by molar-refractivity contribution is 7.89. The van der Waals surface area contributed by atoms with Crippen LogP contribution < -0.4 is 4.72 Å². The molecule has 0 aliphatic carbocycles. The van der Waals surface area contributed by atoms with Gasteiger partial charge in [-0.2, -0.15) is 4.31 Å². The van der Waals surface area contributed by atoms with Crippen molar-refractivity contribution in [3.05, 3.63) is 58.7 Å². The van der Waals surface area contributed by atoms with Crippen molar-refractivity contribution in [2.75, 3.05) is 13.1 Å². The van der Waals surface area contributed by atoms with Gasteiger partial charge in [-0.15, -0.1) is 0 Å². The van der Waals surface area contributed by atoms with Crippen LogP contribution in [0.4, 0.5) is 0 Å². The zero-order valence-electron chi connectivity index (χ0n) is 17.3. The maximum Gasteiger partial charge on any atom is 0.243 e. The van der Waals surface area contributed by atoms with Crippen LogP contribution in [0.15, 0.2) is 46.2 Å². The Morgan fingerprint density at radius 2 is 1.34 bits per heavy atom. The topological polar surface area (TPSA) is 83.6 Å². The number of hydrogen-bond acceptors (Lipinski definition) is 4. The van der Waals surface area contributed by atoms with Gasteiger partial charge in [-0.1, -0.05) is 35.4 Å². The molecule has 1 aliphatic heterocycles. The lowest BCUT2D eigenvalue weighted by Crippen LogP contribution is -2.46. The van der Waals surface area contributed by atoms with E-state index in [1.165, 1.54) is 4.31 Å². The molecule has 0 radical (unpaired) electrons. The highest BCUT2D eigenvalue weighted by atomic mass is 32.2. The van der Waals surface area contributed by atoms with Gasteiger partial charge in [0.05, 0.1) is 9.79 Å². The molecule has 0 atom stereocenters.